The van der Waals surface area contributed by atoms with E-state index in [4.69, 9.17) is 0 Å². The predicted octanol–water partition coefficient (Wildman–Crippen LogP) is 10.4. The van der Waals surface area contributed by atoms with Gasteiger partial charge in [0.2, 0.25) is 0 Å². The first-order valence-electron chi connectivity index (χ1n) is 13.1. The monoisotopic (exact) mass is 564 g/mol. The zero-order valence-electron chi connectivity index (χ0n) is 21.1. The second-order valence-electron chi connectivity index (χ2n) is 9.29. The molecular weight excluding hydrogens is 533 g/mol. The SMILES string of the molecule is CCCCCCc1ccc(C#Cc2cc3sc4c(c3s2)SC(C#Cc2ccc(CCCCC)s2)C4)s1. The largest absolute Gasteiger partial charge is 0.138 e. The molecule has 0 fully saturated rings. The molecule has 0 spiro atoms. The van der Waals surface area contributed by atoms with Gasteiger partial charge in [0.05, 0.1) is 24.6 Å². The summed E-state index contributed by atoms with van der Waals surface area (Å²) < 4.78 is 2.82. The summed E-state index contributed by atoms with van der Waals surface area (Å²) in [7, 11) is 0. The minimum Gasteiger partial charge on any atom is -0.138 e. The molecule has 1 aliphatic rings. The van der Waals surface area contributed by atoms with Crippen LogP contribution in [0, 0.1) is 23.7 Å². The highest BCUT2D eigenvalue weighted by molar-refractivity contribution is 8.01. The number of unbranched alkanes of at least 4 members (excludes halogenated alkanes) is 5. The molecule has 0 nitrogen and oxygen atoms in total. The molecule has 0 saturated carbocycles. The van der Waals surface area contributed by atoms with Crippen molar-refractivity contribution in [2.75, 3.05) is 0 Å². The van der Waals surface area contributed by atoms with Crippen molar-refractivity contribution in [1.82, 2.24) is 0 Å². The maximum atomic E-state index is 3.56. The van der Waals surface area contributed by atoms with Crippen LogP contribution in [0.25, 0.3) is 9.40 Å². The molecule has 0 aliphatic carbocycles. The van der Waals surface area contributed by atoms with Crippen LogP contribution in [0.1, 0.15) is 88.1 Å². The van der Waals surface area contributed by atoms with E-state index >= 15 is 0 Å². The Bertz CT molecular complexity index is 1420. The molecule has 186 valence electrons. The lowest BCUT2D eigenvalue weighted by Crippen LogP contribution is -1.94. The van der Waals surface area contributed by atoms with E-state index in [1.54, 1.807) is 0 Å². The molecule has 1 atom stereocenters. The van der Waals surface area contributed by atoms with E-state index in [1.165, 1.54) is 101 Å². The van der Waals surface area contributed by atoms with E-state index in [1.807, 2.05) is 57.1 Å². The second kappa shape index (κ2) is 12.9. The normalized spacial score (nSPS) is 14.4. The zero-order valence-corrected chi connectivity index (χ0v) is 25.2. The van der Waals surface area contributed by atoms with Gasteiger partial charge < -0.3 is 0 Å². The van der Waals surface area contributed by atoms with Gasteiger partial charge in [0.1, 0.15) is 0 Å². The molecule has 4 aromatic rings. The third-order valence-electron chi connectivity index (χ3n) is 6.31. The molecule has 0 bridgehead atoms. The van der Waals surface area contributed by atoms with Gasteiger partial charge >= 0.3 is 0 Å². The van der Waals surface area contributed by atoms with Crippen LogP contribution in [0.3, 0.4) is 0 Å². The number of fused-ring (bicyclic) bond motifs is 3. The molecule has 0 radical (unpaired) electrons. The molecule has 5 heterocycles. The van der Waals surface area contributed by atoms with Gasteiger partial charge in [-0.25, -0.2) is 0 Å². The van der Waals surface area contributed by atoms with Crippen molar-refractivity contribution < 1.29 is 0 Å². The van der Waals surface area contributed by atoms with E-state index < -0.39 is 0 Å². The smallest absolute Gasteiger partial charge is 0.0793 e. The van der Waals surface area contributed by atoms with E-state index in [0.717, 1.165) is 6.42 Å². The maximum absolute atomic E-state index is 3.56. The molecule has 0 amide bonds. The van der Waals surface area contributed by atoms with E-state index in [0.29, 0.717) is 5.25 Å². The van der Waals surface area contributed by atoms with Crippen LogP contribution >= 0.6 is 57.1 Å². The summed E-state index contributed by atoms with van der Waals surface area (Å²) in [6, 6.07) is 11.2. The Morgan fingerprint density at radius 1 is 0.722 bits per heavy atom. The number of hydrogen-bond acceptors (Lipinski definition) is 5. The fraction of sp³-hybridized carbons (Fsp3) is 0.419. The maximum Gasteiger partial charge on any atom is 0.0793 e. The van der Waals surface area contributed by atoms with E-state index in [9.17, 15) is 0 Å². The lowest BCUT2D eigenvalue weighted by Gasteiger charge is -1.97. The summed E-state index contributed by atoms with van der Waals surface area (Å²) in [4.78, 5) is 9.51. The minimum absolute atomic E-state index is 0.375. The molecule has 5 rings (SSSR count). The summed E-state index contributed by atoms with van der Waals surface area (Å²) in [6.45, 7) is 4.53. The predicted molar refractivity (Wildman–Crippen MR) is 166 cm³/mol. The molecule has 5 heteroatoms. The first-order chi connectivity index (χ1) is 17.7. The minimum atomic E-state index is 0.375. The number of hydrogen-bond donors (Lipinski definition) is 0. The average molecular weight is 565 g/mol. The van der Waals surface area contributed by atoms with Gasteiger partial charge in [0.15, 0.2) is 0 Å². The van der Waals surface area contributed by atoms with Gasteiger partial charge in [-0.15, -0.1) is 57.1 Å². The van der Waals surface area contributed by atoms with Crippen molar-refractivity contribution in [3.63, 3.8) is 0 Å². The number of thioether (sulfide) groups is 1. The summed E-state index contributed by atoms with van der Waals surface area (Å²) >= 11 is 9.51. The third-order valence-corrected chi connectivity index (χ3v) is 12.3. The van der Waals surface area contributed by atoms with Crippen LogP contribution in [0.15, 0.2) is 35.2 Å². The summed E-state index contributed by atoms with van der Waals surface area (Å²) in [5, 5.41) is 0.375. The molecule has 1 aliphatic heterocycles. The van der Waals surface area contributed by atoms with Gasteiger partial charge in [-0.3, -0.25) is 0 Å². The van der Waals surface area contributed by atoms with Crippen LogP contribution in [0.5, 0.6) is 0 Å². The lowest BCUT2D eigenvalue weighted by molar-refractivity contribution is 0.670. The standard InChI is InChI=1S/C31H32S5/c1-3-5-7-9-11-23-13-15-25(33-23)17-19-27-21-29-31(35-27)30-28(36-29)20-26(34-30)18-16-24-14-12-22(32-24)10-8-6-4-2/h12-15,21,26H,3-11,20H2,1-2H3. The number of aryl methyl sites for hydroxylation is 2. The number of rotatable bonds is 9. The fourth-order valence-corrected chi connectivity index (χ4v) is 10.3. The van der Waals surface area contributed by atoms with Crippen molar-refractivity contribution in [1.29, 1.82) is 0 Å². The Labute approximate surface area is 236 Å². The Hall–Kier alpha value is -1.47. The highest BCUT2D eigenvalue weighted by Gasteiger charge is 2.26. The Morgan fingerprint density at radius 2 is 1.39 bits per heavy atom. The average Bonchev–Trinajstić information content (AvgIpc) is 3.68. The van der Waals surface area contributed by atoms with Crippen molar-refractivity contribution in [3.8, 4) is 23.7 Å². The van der Waals surface area contributed by atoms with Gasteiger partial charge in [0, 0.05) is 30.6 Å². The second-order valence-corrected chi connectivity index (χ2v) is 15.0. The Morgan fingerprint density at radius 3 is 2.14 bits per heavy atom. The molecular formula is C31H32S5. The first kappa shape index (κ1) is 26.1. The highest BCUT2D eigenvalue weighted by Crippen LogP contribution is 2.49. The van der Waals surface area contributed by atoms with Crippen molar-refractivity contribution in [2.45, 2.75) is 88.2 Å². The van der Waals surface area contributed by atoms with Gasteiger partial charge in [0.25, 0.3) is 0 Å². The van der Waals surface area contributed by atoms with Crippen molar-refractivity contribution in [2.24, 2.45) is 0 Å². The van der Waals surface area contributed by atoms with Crippen LogP contribution in [-0.2, 0) is 19.3 Å². The molecule has 0 N–H and O–H groups in total. The third kappa shape index (κ3) is 6.69. The van der Waals surface area contributed by atoms with Crippen LogP contribution in [0.2, 0.25) is 0 Å². The highest BCUT2D eigenvalue weighted by atomic mass is 32.2. The summed E-state index contributed by atoms with van der Waals surface area (Å²) in [5.74, 6) is 13.9. The Balaban J connectivity index is 1.19. The molecule has 0 aromatic carbocycles. The summed E-state index contributed by atoms with van der Waals surface area (Å²) in [6.07, 6.45) is 12.6. The van der Waals surface area contributed by atoms with Crippen LogP contribution in [0.4, 0.5) is 0 Å². The van der Waals surface area contributed by atoms with Crippen LogP contribution in [-0.4, -0.2) is 5.25 Å². The topological polar surface area (TPSA) is 0 Å². The van der Waals surface area contributed by atoms with Gasteiger partial charge in [-0.1, -0.05) is 57.8 Å². The molecule has 36 heavy (non-hydrogen) atoms. The van der Waals surface area contributed by atoms with Crippen molar-refractivity contribution in [3.05, 3.63) is 59.6 Å². The van der Waals surface area contributed by atoms with Crippen LogP contribution < -0.4 is 0 Å². The summed E-state index contributed by atoms with van der Waals surface area (Å²) in [5.41, 5.74) is 0. The quantitative estimate of drug-likeness (QED) is 0.144. The first-order valence-corrected chi connectivity index (χ1v) is 17.3. The molecule has 1 unspecified atom stereocenters. The van der Waals surface area contributed by atoms with E-state index in [-0.39, 0.29) is 0 Å². The molecule has 4 aromatic heterocycles. The fourth-order valence-electron chi connectivity index (χ4n) is 4.37. The zero-order chi connectivity index (χ0) is 24.7. The van der Waals surface area contributed by atoms with Gasteiger partial charge in [-0.05, 0) is 67.9 Å². The Kier molecular flexibility index (Phi) is 9.34. The number of thiophene rings is 4. The van der Waals surface area contributed by atoms with Crippen molar-refractivity contribution >= 4 is 66.5 Å². The lowest BCUT2D eigenvalue weighted by atomic mass is 10.1. The van der Waals surface area contributed by atoms with E-state index in [2.05, 4.69) is 67.9 Å². The van der Waals surface area contributed by atoms with Gasteiger partial charge in [-0.2, -0.15) is 0 Å². The molecule has 0 saturated heterocycles.